The SMILES string of the molecule is Cc1ccc(C(Nc2c(C)cc(C)cc2Br)C2CC2)cc1. The Morgan fingerprint density at radius 3 is 2.24 bits per heavy atom. The van der Waals surface area contributed by atoms with Gasteiger partial charge >= 0.3 is 0 Å². The van der Waals surface area contributed by atoms with E-state index in [0.717, 1.165) is 10.4 Å². The average Bonchev–Trinajstić information content (AvgIpc) is 3.24. The van der Waals surface area contributed by atoms with Crippen molar-refractivity contribution in [2.24, 2.45) is 5.92 Å². The summed E-state index contributed by atoms with van der Waals surface area (Å²) in [5.74, 6) is 0.764. The van der Waals surface area contributed by atoms with E-state index in [2.05, 4.69) is 78.4 Å². The quantitative estimate of drug-likeness (QED) is 0.724. The van der Waals surface area contributed by atoms with Crippen LogP contribution in [-0.2, 0) is 0 Å². The molecule has 0 amide bonds. The number of rotatable bonds is 4. The minimum Gasteiger partial charge on any atom is -0.377 e. The van der Waals surface area contributed by atoms with Gasteiger partial charge in [-0.1, -0.05) is 35.9 Å². The summed E-state index contributed by atoms with van der Waals surface area (Å²) in [4.78, 5) is 0. The average molecular weight is 344 g/mol. The van der Waals surface area contributed by atoms with Gasteiger partial charge in [0.05, 0.1) is 11.7 Å². The van der Waals surface area contributed by atoms with Gasteiger partial charge in [-0.2, -0.15) is 0 Å². The topological polar surface area (TPSA) is 12.0 Å². The van der Waals surface area contributed by atoms with E-state index in [1.54, 1.807) is 0 Å². The summed E-state index contributed by atoms with van der Waals surface area (Å²) in [5.41, 5.74) is 6.55. The van der Waals surface area contributed by atoms with Crippen LogP contribution in [0.25, 0.3) is 0 Å². The highest BCUT2D eigenvalue weighted by molar-refractivity contribution is 9.10. The molecular weight excluding hydrogens is 322 g/mol. The fraction of sp³-hybridized carbons (Fsp3) is 0.368. The van der Waals surface area contributed by atoms with Gasteiger partial charge in [0.2, 0.25) is 0 Å². The highest BCUT2D eigenvalue weighted by atomic mass is 79.9. The molecule has 110 valence electrons. The van der Waals surface area contributed by atoms with Crippen molar-refractivity contribution < 1.29 is 0 Å². The van der Waals surface area contributed by atoms with Crippen LogP contribution in [0.4, 0.5) is 5.69 Å². The first-order chi connectivity index (χ1) is 10.0. The third kappa shape index (κ3) is 3.32. The molecular formula is C19H22BrN. The van der Waals surface area contributed by atoms with Gasteiger partial charge in [0.15, 0.2) is 0 Å². The largest absolute Gasteiger partial charge is 0.377 e. The molecule has 0 heterocycles. The maximum Gasteiger partial charge on any atom is 0.0542 e. The standard InChI is InChI=1S/C19H22BrN/c1-12-4-6-15(7-5-12)19(16-8-9-16)21-18-14(3)10-13(2)11-17(18)20/h4-7,10-11,16,19,21H,8-9H2,1-3H3. The Balaban J connectivity index is 1.91. The maximum absolute atomic E-state index is 3.79. The van der Waals surface area contributed by atoms with E-state index in [-0.39, 0.29) is 0 Å². The number of hydrogen-bond acceptors (Lipinski definition) is 1. The van der Waals surface area contributed by atoms with Crippen molar-refractivity contribution in [1.29, 1.82) is 0 Å². The molecule has 0 radical (unpaired) electrons. The van der Waals surface area contributed by atoms with Crippen LogP contribution in [0.2, 0.25) is 0 Å². The Kier molecular flexibility index (Phi) is 4.08. The zero-order chi connectivity index (χ0) is 15.0. The van der Waals surface area contributed by atoms with Crippen molar-refractivity contribution in [2.45, 2.75) is 39.7 Å². The zero-order valence-electron chi connectivity index (χ0n) is 12.9. The Morgan fingerprint density at radius 1 is 1.00 bits per heavy atom. The molecule has 1 nitrogen and oxygen atoms in total. The van der Waals surface area contributed by atoms with Gasteiger partial charge in [0, 0.05) is 4.47 Å². The second-order valence-electron chi connectivity index (χ2n) is 6.31. The van der Waals surface area contributed by atoms with Crippen LogP contribution < -0.4 is 5.32 Å². The Hall–Kier alpha value is -1.28. The third-order valence-electron chi connectivity index (χ3n) is 4.26. The predicted molar refractivity (Wildman–Crippen MR) is 93.9 cm³/mol. The second kappa shape index (κ2) is 5.84. The molecule has 0 aliphatic heterocycles. The zero-order valence-corrected chi connectivity index (χ0v) is 14.5. The van der Waals surface area contributed by atoms with Crippen molar-refractivity contribution in [1.82, 2.24) is 0 Å². The first kappa shape index (κ1) is 14.6. The Labute approximate surface area is 135 Å². The van der Waals surface area contributed by atoms with Gasteiger partial charge in [-0.15, -0.1) is 0 Å². The highest BCUT2D eigenvalue weighted by Crippen LogP contribution is 2.44. The van der Waals surface area contributed by atoms with E-state index < -0.39 is 0 Å². The predicted octanol–water partition coefficient (Wildman–Crippen LogP) is 5.94. The molecule has 1 saturated carbocycles. The molecule has 0 aromatic heterocycles. The van der Waals surface area contributed by atoms with Gasteiger partial charge < -0.3 is 5.32 Å². The molecule has 1 aliphatic carbocycles. The van der Waals surface area contributed by atoms with Crippen LogP contribution in [0, 0.1) is 26.7 Å². The highest BCUT2D eigenvalue weighted by Gasteiger charge is 2.32. The first-order valence-electron chi connectivity index (χ1n) is 7.64. The molecule has 2 heteroatoms. The van der Waals surface area contributed by atoms with Crippen molar-refractivity contribution in [3.63, 3.8) is 0 Å². The van der Waals surface area contributed by atoms with Crippen LogP contribution in [-0.4, -0.2) is 0 Å². The van der Waals surface area contributed by atoms with Crippen LogP contribution in [0.3, 0.4) is 0 Å². The van der Waals surface area contributed by atoms with Crippen LogP contribution >= 0.6 is 15.9 Å². The molecule has 1 aliphatic rings. The molecule has 0 bridgehead atoms. The lowest BCUT2D eigenvalue weighted by Gasteiger charge is -2.23. The van der Waals surface area contributed by atoms with Gasteiger partial charge in [0.1, 0.15) is 0 Å². The minimum absolute atomic E-state index is 0.420. The fourth-order valence-corrected chi connectivity index (χ4v) is 3.72. The lowest BCUT2D eigenvalue weighted by Crippen LogP contribution is -2.14. The van der Waals surface area contributed by atoms with Crippen molar-refractivity contribution >= 4 is 21.6 Å². The Bertz CT molecular complexity index is 618. The number of halogens is 1. The third-order valence-corrected chi connectivity index (χ3v) is 4.89. The minimum atomic E-state index is 0.420. The van der Waals surface area contributed by atoms with Gasteiger partial charge in [-0.3, -0.25) is 0 Å². The summed E-state index contributed by atoms with van der Waals surface area (Å²) in [6.45, 7) is 6.46. The molecule has 1 N–H and O–H groups in total. The summed E-state index contributed by atoms with van der Waals surface area (Å²) >= 11 is 3.72. The monoisotopic (exact) mass is 343 g/mol. The van der Waals surface area contributed by atoms with Crippen LogP contribution in [0.15, 0.2) is 40.9 Å². The molecule has 0 spiro atoms. The lowest BCUT2D eigenvalue weighted by atomic mass is 10.00. The normalized spacial score (nSPS) is 15.8. The smallest absolute Gasteiger partial charge is 0.0542 e. The van der Waals surface area contributed by atoms with E-state index in [9.17, 15) is 0 Å². The van der Waals surface area contributed by atoms with Gasteiger partial charge in [-0.05, 0) is 78.2 Å². The van der Waals surface area contributed by atoms with Crippen molar-refractivity contribution in [2.75, 3.05) is 5.32 Å². The van der Waals surface area contributed by atoms with E-state index in [1.165, 1.54) is 40.8 Å². The van der Waals surface area contributed by atoms with Crippen LogP contribution in [0.5, 0.6) is 0 Å². The summed E-state index contributed by atoms with van der Waals surface area (Å²) < 4.78 is 1.16. The van der Waals surface area contributed by atoms with E-state index in [1.807, 2.05) is 0 Å². The summed E-state index contributed by atoms with van der Waals surface area (Å²) in [5, 5.41) is 3.79. The summed E-state index contributed by atoms with van der Waals surface area (Å²) in [7, 11) is 0. The number of nitrogens with one attached hydrogen (secondary N) is 1. The number of hydrogen-bond donors (Lipinski definition) is 1. The van der Waals surface area contributed by atoms with Crippen molar-refractivity contribution in [3.05, 3.63) is 63.1 Å². The number of aryl methyl sites for hydroxylation is 3. The van der Waals surface area contributed by atoms with Gasteiger partial charge in [-0.25, -0.2) is 0 Å². The summed E-state index contributed by atoms with van der Waals surface area (Å²) in [6.07, 6.45) is 2.65. The van der Waals surface area contributed by atoms with Gasteiger partial charge in [0.25, 0.3) is 0 Å². The van der Waals surface area contributed by atoms with Crippen LogP contribution in [0.1, 0.15) is 41.1 Å². The fourth-order valence-electron chi connectivity index (χ4n) is 2.93. The van der Waals surface area contributed by atoms with E-state index in [4.69, 9.17) is 0 Å². The second-order valence-corrected chi connectivity index (χ2v) is 7.16. The molecule has 1 fully saturated rings. The molecule has 1 unspecified atom stereocenters. The molecule has 1 atom stereocenters. The molecule has 0 saturated heterocycles. The van der Waals surface area contributed by atoms with Crippen molar-refractivity contribution in [3.8, 4) is 0 Å². The van der Waals surface area contributed by atoms with E-state index in [0.29, 0.717) is 6.04 Å². The molecule has 3 rings (SSSR count). The Morgan fingerprint density at radius 2 is 1.67 bits per heavy atom. The first-order valence-corrected chi connectivity index (χ1v) is 8.44. The molecule has 21 heavy (non-hydrogen) atoms. The number of benzene rings is 2. The number of anilines is 1. The van der Waals surface area contributed by atoms with E-state index >= 15 is 0 Å². The maximum atomic E-state index is 3.79. The summed E-state index contributed by atoms with van der Waals surface area (Å²) in [6, 6.07) is 13.8. The molecule has 2 aromatic rings. The molecule has 2 aromatic carbocycles. The lowest BCUT2D eigenvalue weighted by molar-refractivity contribution is 0.677.